The highest BCUT2D eigenvalue weighted by molar-refractivity contribution is 6.10. The molecule has 3 rings (SSSR count). The second-order valence-corrected chi connectivity index (χ2v) is 6.23. The molecule has 6 heteroatoms. The Kier molecular flexibility index (Phi) is 5.41. The van der Waals surface area contributed by atoms with E-state index in [2.05, 4.69) is 4.98 Å². The molecule has 1 aliphatic rings. The second-order valence-electron chi connectivity index (χ2n) is 6.23. The van der Waals surface area contributed by atoms with Crippen LogP contribution >= 0.6 is 0 Å². The molecule has 0 spiro atoms. The van der Waals surface area contributed by atoms with Crippen molar-refractivity contribution < 1.29 is 14.4 Å². The van der Waals surface area contributed by atoms with Gasteiger partial charge in [-0.1, -0.05) is 24.3 Å². The van der Waals surface area contributed by atoms with Crippen molar-refractivity contribution in [3.8, 4) is 11.3 Å². The predicted molar refractivity (Wildman–Crippen MR) is 96.6 cm³/mol. The fourth-order valence-corrected chi connectivity index (χ4v) is 3.11. The van der Waals surface area contributed by atoms with Crippen molar-refractivity contribution in [2.45, 2.75) is 25.3 Å². The summed E-state index contributed by atoms with van der Waals surface area (Å²) in [4.78, 5) is 42.2. The zero-order chi connectivity index (χ0) is 18.5. The van der Waals surface area contributed by atoms with Gasteiger partial charge in [0, 0.05) is 24.7 Å². The number of carbonyl (C=O) groups is 3. The first kappa shape index (κ1) is 17.8. The summed E-state index contributed by atoms with van der Waals surface area (Å²) in [5.41, 5.74) is 7.88. The number of Topliss-reactive ketones (excluding diaryl/α,β-unsaturated/α-hetero) is 1. The SMILES string of the molecule is NC(=O)C1C(=O)[CH]CCCN1C(=O)Cc1cccc(-c2ccccn2)c1. The van der Waals surface area contributed by atoms with E-state index in [1.165, 1.54) is 11.3 Å². The Morgan fingerprint density at radius 2 is 2.04 bits per heavy atom. The summed E-state index contributed by atoms with van der Waals surface area (Å²) in [6.45, 7) is 0.342. The van der Waals surface area contributed by atoms with Crippen molar-refractivity contribution in [3.63, 3.8) is 0 Å². The number of amides is 2. The molecule has 2 heterocycles. The van der Waals surface area contributed by atoms with Crippen LogP contribution in [0.2, 0.25) is 0 Å². The van der Waals surface area contributed by atoms with E-state index in [0.29, 0.717) is 19.4 Å². The van der Waals surface area contributed by atoms with Crippen molar-refractivity contribution in [1.82, 2.24) is 9.88 Å². The monoisotopic (exact) mass is 350 g/mol. The minimum atomic E-state index is -1.20. The van der Waals surface area contributed by atoms with Gasteiger partial charge in [-0.3, -0.25) is 19.4 Å². The molecule has 133 valence electrons. The molecule has 1 atom stereocenters. The van der Waals surface area contributed by atoms with Gasteiger partial charge in [-0.15, -0.1) is 0 Å². The lowest BCUT2D eigenvalue weighted by Crippen LogP contribution is -2.52. The second kappa shape index (κ2) is 7.91. The molecule has 6 nitrogen and oxygen atoms in total. The normalized spacial score (nSPS) is 17.6. The fraction of sp³-hybridized carbons (Fsp3) is 0.250. The van der Waals surface area contributed by atoms with E-state index in [0.717, 1.165) is 16.8 Å². The maximum atomic E-state index is 12.8. The Hall–Kier alpha value is -3.02. The number of pyridine rings is 1. The Balaban J connectivity index is 1.80. The number of likely N-dealkylation sites (tertiary alicyclic amines) is 1. The Morgan fingerprint density at radius 3 is 2.77 bits per heavy atom. The maximum Gasteiger partial charge on any atom is 0.247 e. The molecule has 26 heavy (non-hydrogen) atoms. The number of nitrogens with two attached hydrogens (primary N) is 1. The molecule has 2 aromatic rings. The van der Waals surface area contributed by atoms with Crippen molar-refractivity contribution in [1.29, 1.82) is 0 Å². The summed E-state index contributed by atoms with van der Waals surface area (Å²) in [7, 11) is 0. The zero-order valence-electron chi connectivity index (χ0n) is 14.3. The number of hydrogen-bond donors (Lipinski definition) is 1. The summed E-state index contributed by atoms with van der Waals surface area (Å²) < 4.78 is 0. The van der Waals surface area contributed by atoms with E-state index in [9.17, 15) is 14.4 Å². The van der Waals surface area contributed by atoms with Gasteiger partial charge in [-0.2, -0.15) is 0 Å². The molecular weight excluding hydrogens is 330 g/mol. The molecule has 1 saturated heterocycles. The van der Waals surface area contributed by atoms with Crippen LogP contribution in [0.5, 0.6) is 0 Å². The molecule has 1 fully saturated rings. The topological polar surface area (TPSA) is 93.4 Å². The van der Waals surface area contributed by atoms with Crippen LogP contribution in [-0.2, 0) is 20.8 Å². The largest absolute Gasteiger partial charge is 0.367 e. The molecule has 1 aromatic heterocycles. The van der Waals surface area contributed by atoms with Gasteiger partial charge in [0.05, 0.1) is 12.1 Å². The van der Waals surface area contributed by atoms with Crippen LogP contribution in [0.3, 0.4) is 0 Å². The molecular formula is C20H20N3O3. The standard InChI is InChI=1S/C20H20N3O3/c21-20(26)19-17(24)9-2-4-11-23(19)18(25)13-14-6-5-7-15(12-14)16-8-1-3-10-22-16/h1,3,5-10,12,19H,2,4,11,13H2,(H2,21,26). The number of hydrogen-bond acceptors (Lipinski definition) is 4. The number of aromatic nitrogens is 1. The van der Waals surface area contributed by atoms with E-state index < -0.39 is 17.7 Å². The van der Waals surface area contributed by atoms with Gasteiger partial charge in [-0.25, -0.2) is 0 Å². The van der Waals surface area contributed by atoms with Crippen LogP contribution in [0.15, 0.2) is 48.7 Å². The highest BCUT2D eigenvalue weighted by atomic mass is 16.2. The Bertz CT molecular complexity index is 820. The summed E-state index contributed by atoms with van der Waals surface area (Å²) >= 11 is 0. The fourth-order valence-electron chi connectivity index (χ4n) is 3.11. The number of carbonyl (C=O) groups excluding carboxylic acids is 3. The van der Waals surface area contributed by atoms with E-state index in [4.69, 9.17) is 5.73 Å². The number of rotatable bonds is 4. The van der Waals surface area contributed by atoms with Gasteiger partial charge in [0.15, 0.2) is 11.8 Å². The van der Waals surface area contributed by atoms with E-state index in [1.807, 2.05) is 42.5 Å². The molecule has 1 aromatic carbocycles. The van der Waals surface area contributed by atoms with Crippen LogP contribution in [0.1, 0.15) is 18.4 Å². The smallest absolute Gasteiger partial charge is 0.247 e. The zero-order valence-corrected chi connectivity index (χ0v) is 14.3. The van der Waals surface area contributed by atoms with Gasteiger partial charge in [0.25, 0.3) is 0 Å². The van der Waals surface area contributed by atoms with E-state index in [-0.39, 0.29) is 12.3 Å². The lowest BCUT2D eigenvalue weighted by atomic mass is 10.0. The molecule has 1 aliphatic heterocycles. The van der Waals surface area contributed by atoms with Crippen molar-refractivity contribution in [2.24, 2.45) is 5.73 Å². The van der Waals surface area contributed by atoms with Gasteiger partial charge >= 0.3 is 0 Å². The molecule has 1 radical (unpaired) electrons. The average molecular weight is 350 g/mol. The lowest BCUT2D eigenvalue weighted by Gasteiger charge is -2.26. The summed E-state index contributed by atoms with van der Waals surface area (Å²) in [6, 6.07) is 12.0. The van der Waals surface area contributed by atoms with Crippen LogP contribution in [0.25, 0.3) is 11.3 Å². The number of benzene rings is 1. The number of ketones is 1. The summed E-state index contributed by atoms with van der Waals surface area (Å²) in [6.07, 6.45) is 4.43. The lowest BCUT2D eigenvalue weighted by molar-refractivity contribution is -0.143. The first-order chi connectivity index (χ1) is 12.6. The first-order valence-electron chi connectivity index (χ1n) is 8.52. The van der Waals surface area contributed by atoms with Crippen LogP contribution in [0, 0.1) is 6.42 Å². The highest BCUT2D eigenvalue weighted by Gasteiger charge is 2.35. The minimum absolute atomic E-state index is 0.0950. The van der Waals surface area contributed by atoms with Gasteiger partial charge in [0.2, 0.25) is 11.8 Å². The van der Waals surface area contributed by atoms with Gasteiger partial charge < -0.3 is 10.6 Å². The van der Waals surface area contributed by atoms with Crippen molar-refractivity contribution in [3.05, 3.63) is 60.6 Å². The van der Waals surface area contributed by atoms with Crippen molar-refractivity contribution in [2.75, 3.05) is 6.54 Å². The van der Waals surface area contributed by atoms with Crippen LogP contribution in [-0.4, -0.2) is 40.1 Å². The highest BCUT2D eigenvalue weighted by Crippen LogP contribution is 2.20. The first-order valence-corrected chi connectivity index (χ1v) is 8.52. The molecule has 0 bridgehead atoms. The third kappa shape index (κ3) is 3.96. The van der Waals surface area contributed by atoms with Crippen LogP contribution in [0.4, 0.5) is 0 Å². The van der Waals surface area contributed by atoms with Crippen molar-refractivity contribution >= 4 is 17.6 Å². The number of primary amides is 1. The van der Waals surface area contributed by atoms with E-state index in [1.54, 1.807) is 6.20 Å². The molecule has 0 aliphatic carbocycles. The predicted octanol–water partition coefficient (Wildman–Crippen LogP) is 1.54. The van der Waals surface area contributed by atoms with Gasteiger partial charge in [0.1, 0.15) is 0 Å². The third-order valence-electron chi connectivity index (χ3n) is 4.36. The van der Waals surface area contributed by atoms with E-state index >= 15 is 0 Å². The summed E-state index contributed by atoms with van der Waals surface area (Å²) in [5, 5.41) is 0. The minimum Gasteiger partial charge on any atom is -0.367 e. The average Bonchev–Trinajstić information content (AvgIpc) is 2.84. The van der Waals surface area contributed by atoms with Gasteiger partial charge in [-0.05, 0) is 36.6 Å². The molecule has 0 saturated carbocycles. The molecule has 1 unspecified atom stereocenters. The Morgan fingerprint density at radius 1 is 1.19 bits per heavy atom. The Labute approximate surface area is 152 Å². The molecule has 2 amide bonds. The molecule has 2 N–H and O–H groups in total. The maximum absolute atomic E-state index is 12.8. The summed E-state index contributed by atoms with van der Waals surface area (Å²) in [5.74, 6) is -1.47. The third-order valence-corrected chi connectivity index (χ3v) is 4.36. The number of nitrogens with zero attached hydrogens (tertiary/aromatic N) is 2. The quantitative estimate of drug-likeness (QED) is 0.847. The van der Waals surface area contributed by atoms with Crippen LogP contribution < -0.4 is 5.73 Å².